The SMILES string of the molecule is CN1C[C@H](c2ccc3c(c2)CCCC3)[C@@H](C(=O)Nc2cccc(F)c2F)C1=O. The highest BCUT2D eigenvalue weighted by atomic mass is 19.2. The molecule has 1 heterocycles. The molecule has 0 unspecified atom stereocenters. The molecular weight excluding hydrogens is 362 g/mol. The van der Waals surface area contributed by atoms with Crippen molar-refractivity contribution in [3.05, 3.63) is 64.7 Å². The molecule has 1 saturated heterocycles. The Morgan fingerprint density at radius 1 is 1.11 bits per heavy atom. The number of fused-ring (bicyclic) bond motifs is 1. The minimum absolute atomic E-state index is 0.253. The number of nitrogens with zero attached hydrogens (tertiary/aromatic N) is 1. The maximum absolute atomic E-state index is 13.9. The molecular formula is C22H22F2N2O2. The lowest BCUT2D eigenvalue weighted by Crippen LogP contribution is -2.33. The van der Waals surface area contributed by atoms with Crippen LogP contribution in [-0.2, 0) is 22.4 Å². The predicted octanol–water partition coefficient (Wildman–Crippen LogP) is 3.65. The van der Waals surface area contributed by atoms with E-state index in [0.29, 0.717) is 6.54 Å². The standard InChI is InChI=1S/C22H22F2N2O2/c1-26-12-16(15-10-9-13-5-2-3-6-14(13)11-15)19(22(26)28)21(27)25-18-8-4-7-17(23)20(18)24/h4,7-11,16,19H,2-3,5-6,12H2,1H3,(H,25,27)/t16-,19+/m1/s1. The molecule has 0 saturated carbocycles. The van der Waals surface area contributed by atoms with Crippen molar-refractivity contribution in [1.82, 2.24) is 4.90 Å². The fraction of sp³-hybridized carbons (Fsp3) is 0.364. The number of anilines is 1. The van der Waals surface area contributed by atoms with Crippen LogP contribution in [0.15, 0.2) is 36.4 Å². The van der Waals surface area contributed by atoms with Gasteiger partial charge in [0.05, 0.1) is 5.69 Å². The molecule has 28 heavy (non-hydrogen) atoms. The Kier molecular flexibility index (Phi) is 4.87. The van der Waals surface area contributed by atoms with Crippen molar-refractivity contribution in [2.75, 3.05) is 18.9 Å². The largest absolute Gasteiger partial charge is 0.344 e. The lowest BCUT2D eigenvalue weighted by molar-refractivity contribution is -0.135. The van der Waals surface area contributed by atoms with Crippen LogP contribution in [0.1, 0.15) is 35.4 Å². The summed E-state index contributed by atoms with van der Waals surface area (Å²) in [4.78, 5) is 27.0. The average molecular weight is 384 g/mol. The number of hydrogen-bond donors (Lipinski definition) is 1. The van der Waals surface area contributed by atoms with Crippen molar-refractivity contribution in [3.63, 3.8) is 0 Å². The van der Waals surface area contributed by atoms with Crippen LogP contribution in [0.3, 0.4) is 0 Å². The highest BCUT2D eigenvalue weighted by molar-refractivity contribution is 6.08. The number of hydrogen-bond acceptors (Lipinski definition) is 2. The number of likely N-dealkylation sites (N-methyl/N-ethyl adjacent to an activating group) is 1. The Labute approximate surface area is 162 Å². The third-order valence-electron chi connectivity index (χ3n) is 5.81. The maximum Gasteiger partial charge on any atom is 0.237 e. The van der Waals surface area contributed by atoms with Gasteiger partial charge < -0.3 is 10.2 Å². The summed E-state index contributed by atoms with van der Waals surface area (Å²) in [6.45, 7) is 0.418. The van der Waals surface area contributed by atoms with E-state index in [-0.39, 0.29) is 17.5 Å². The quantitative estimate of drug-likeness (QED) is 0.822. The molecule has 2 amide bonds. The molecule has 0 radical (unpaired) electrons. The maximum atomic E-state index is 13.9. The summed E-state index contributed by atoms with van der Waals surface area (Å²) in [5, 5.41) is 2.40. The molecule has 1 fully saturated rings. The predicted molar refractivity (Wildman–Crippen MR) is 102 cm³/mol. The Balaban J connectivity index is 1.63. The number of amides is 2. The van der Waals surface area contributed by atoms with Crippen LogP contribution in [0.5, 0.6) is 0 Å². The van der Waals surface area contributed by atoms with Gasteiger partial charge in [0.15, 0.2) is 11.6 Å². The Hall–Kier alpha value is -2.76. The van der Waals surface area contributed by atoms with E-state index < -0.39 is 23.5 Å². The van der Waals surface area contributed by atoms with Gasteiger partial charge in [-0.05, 0) is 54.5 Å². The van der Waals surface area contributed by atoms with Gasteiger partial charge >= 0.3 is 0 Å². The topological polar surface area (TPSA) is 49.4 Å². The lowest BCUT2D eigenvalue weighted by Gasteiger charge is -2.21. The normalized spacial score (nSPS) is 21.5. The van der Waals surface area contributed by atoms with E-state index in [1.54, 1.807) is 7.05 Å². The van der Waals surface area contributed by atoms with Gasteiger partial charge in [0.2, 0.25) is 11.8 Å². The number of rotatable bonds is 3. The van der Waals surface area contributed by atoms with Crippen molar-refractivity contribution in [3.8, 4) is 0 Å². The summed E-state index contributed by atoms with van der Waals surface area (Å²) in [6, 6.07) is 9.77. The summed E-state index contributed by atoms with van der Waals surface area (Å²) in [6.07, 6.45) is 4.39. The van der Waals surface area contributed by atoms with E-state index in [0.717, 1.165) is 30.9 Å². The molecule has 4 nitrogen and oxygen atoms in total. The van der Waals surface area contributed by atoms with E-state index in [2.05, 4.69) is 17.4 Å². The van der Waals surface area contributed by atoms with Crippen LogP contribution >= 0.6 is 0 Å². The second kappa shape index (κ2) is 7.34. The Bertz CT molecular complexity index is 944. The molecule has 0 bridgehead atoms. The zero-order valence-electron chi connectivity index (χ0n) is 15.7. The molecule has 6 heteroatoms. The van der Waals surface area contributed by atoms with Gasteiger partial charge in [-0.1, -0.05) is 24.3 Å². The second-order valence-corrected chi connectivity index (χ2v) is 7.63. The van der Waals surface area contributed by atoms with E-state index >= 15 is 0 Å². The van der Waals surface area contributed by atoms with Crippen LogP contribution in [0.4, 0.5) is 14.5 Å². The third kappa shape index (κ3) is 3.28. The van der Waals surface area contributed by atoms with Crippen molar-refractivity contribution in [2.24, 2.45) is 5.92 Å². The summed E-state index contributed by atoms with van der Waals surface area (Å²) in [5.74, 6) is -4.37. The Morgan fingerprint density at radius 2 is 1.86 bits per heavy atom. The van der Waals surface area contributed by atoms with Gasteiger partial charge in [-0.25, -0.2) is 8.78 Å². The van der Waals surface area contributed by atoms with Crippen LogP contribution in [0, 0.1) is 17.6 Å². The van der Waals surface area contributed by atoms with Crippen LogP contribution < -0.4 is 5.32 Å². The molecule has 0 aromatic heterocycles. The summed E-state index contributed by atoms with van der Waals surface area (Å²) in [5.41, 5.74) is 3.30. The van der Waals surface area contributed by atoms with E-state index in [9.17, 15) is 18.4 Å². The van der Waals surface area contributed by atoms with Crippen molar-refractivity contribution >= 4 is 17.5 Å². The molecule has 2 aliphatic rings. The fourth-order valence-electron chi connectivity index (χ4n) is 4.29. The second-order valence-electron chi connectivity index (χ2n) is 7.63. The van der Waals surface area contributed by atoms with Gasteiger partial charge in [-0.15, -0.1) is 0 Å². The summed E-state index contributed by atoms with van der Waals surface area (Å²) < 4.78 is 27.4. The van der Waals surface area contributed by atoms with Gasteiger partial charge in [-0.2, -0.15) is 0 Å². The summed E-state index contributed by atoms with van der Waals surface area (Å²) >= 11 is 0. The van der Waals surface area contributed by atoms with Crippen LogP contribution in [-0.4, -0.2) is 30.3 Å². The first-order valence-electron chi connectivity index (χ1n) is 9.57. The minimum atomic E-state index is -1.13. The number of nitrogens with one attached hydrogen (secondary N) is 1. The zero-order valence-corrected chi connectivity index (χ0v) is 15.7. The smallest absolute Gasteiger partial charge is 0.237 e. The number of halogens is 2. The molecule has 2 aromatic carbocycles. The Morgan fingerprint density at radius 3 is 2.64 bits per heavy atom. The zero-order chi connectivity index (χ0) is 19.8. The van der Waals surface area contributed by atoms with Crippen LogP contribution in [0.2, 0.25) is 0 Å². The third-order valence-corrected chi connectivity index (χ3v) is 5.81. The fourth-order valence-corrected chi connectivity index (χ4v) is 4.29. The van der Waals surface area contributed by atoms with E-state index in [1.807, 2.05) is 6.07 Å². The number of carbonyl (C=O) groups excluding carboxylic acids is 2. The molecule has 1 N–H and O–H groups in total. The lowest BCUT2D eigenvalue weighted by atomic mass is 9.83. The molecule has 146 valence electrons. The first kappa shape index (κ1) is 18.6. The number of benzene rings is 2. The average Bonchev–Trinajstić information content (AvgIpc) is 3.00. The van der Waals surface area contributed by atoms with Gasteiger partial charge in [0.1, 0.15) is 5.92 Å². The molecule has 1 aliphatic heterocycles. The monoisotopic (exact) mass is 384 g/mol. The number of aryl methyl sites for hydroxylation is 2. The molecule has 2 aromatic rings. The number of carbonyl (C=O) groups is 2. The van der Waals surface area contributed by atoms with Crippen LogP contribution in [0.25, 0.3) is 0 Å². The molecule has 2 atom stereocenters. The summed E-state index contributed by atoms with van der Waals surface area (Å²) in [7, 11) is 1.66. The van der Waals surface area contributed by atoms with Gasteiger partial charge in [0, 0.05) is 19.5 Å². The van der Waals surface area contributed by atoms with Crippen molar-refractivity contribution in [2.45, 2.75) is 31.6 Å². The first-order chi connectivity index (χ1) is 13.5. The molecule has 1 aliphatic carbocycles. The highest BCUT2D eigenvalue weighted by Crippen LogP contribution is 2.36. The molecule has 4 rings (SSSR count). The van der Waals surface area contributed by atoms with Crippen molar-refractivity contribution < 1.29 is 18.4 Å². The minimum Gasteiger partial charge on any atom is -0.344 e. The first-order valence-corrected chi connectivity index (χ1v) is 9.57. The van der Waals surface area contributed by atoms with Crippen molar-refractivity contribution in [1.29, 1.82) is 0 Å². The van der Waals surface area contributed by atoms with E-state index in [1.165, 1.54) is 34.6 Å². The highest BCUT2D eigenvalue weighted by Gasteiger charge is 2.44. The van der Waals surface area contributed by atoms with Gasteiger partial charge in [-0.3, -0.25) is 9.59 Å². The van der Waals surface area contributed by atoms with E-state index in [4.69, 9.17) is 0 Å². The van der Waals surface area contributed by atoms with Gasteiger partial charge in [0.25, 0.3) is 0 Å². The molecule has 0 spiro atoms. The number of likely N-dealkylation sites (tertiary alicyclic amines) is 1.